The molecule has 0 spiro atoms. The van der Waals surface area contributed by atoms with Crippen LogP contribution in [0, 0.1) is 0 Å². The molecule has 7 heteroatoms. The fraction of sp³-hybridized carbons (Fsp3) is 0.167. The number of hydrogen-bond acceptors (Lipinski definition) is 5. The van der Waals surface area contributed by atoms with Crippen molar-refractivity contribution >= 4 is 28.1 Å². The summed E-state index contributed by atoms with van der Waals surface area (Å²) in [5.41, 5.74) is 1.15. The van der Waals surface area contributed by atoms with Crippen molar-refractivity contribution < 1.29 is 14.3 Å². The van der Waals surface area contributed by atoms with E-state index in [0.29, 0.717) is 17.3 Å². The highest BCUT2D eigenvalue weighted by Gasteiger charge is 2.22. The first-order valence-corrected chi connectivity index (χ1v) is 6.46. The number of aromatic carboxylic acids is 1. The van der Waals surface area contributed by atoms with Crippen LogP contribution >= 0.6 is 11.3 Å². The Balaban J connectivity index is 2.01. The van der Waals surface area contributed by atoms with Crippen LogP contribution in [-0.4, -0.2) is 27.5 Å². The Morgan fingerprint density at radius 2 is 2.47 bits per heavy atom. The van der Waals surface area contributed by atoms with Crippen LogP contribution in [0.2, 0.25) is 0 Å². The van der Waals surface area contributed by atoms with Crippen molar-refractivity contribution in [3.63, 3.8) is 0 Å². The van der Waals surface area contributed by atoms with Gasteiger partial charge in [0, 0.05) is 30.7 Å². The van der Waals surface area contributed by atoms with Crippen LogP contribution in [0.3, 0.4) is 0 Å². The van der Waals surface area contributed by atoms with Crippen molar-refractivity contribution in [1.82, 2.24) is 9.38 Å². The van der Waals surface area contributed by atoms with Gasteiger partial charge in [0.2, 0.25) is 0 Å². The molecule has 0 aliphatic carbocycles. The third kappa shape index (κ3) is 1.97. The van der Waals surface area contributed by atoms with E-state index in [1.54, 1.807) is 28.0 Å². The molecule has 0 saturated heterocycles. The monoisotopic (exact) mass is 277 g/mol. The summed E-state index contributed by atoms with van der Waals surface area (Å²) in [7, 11) is 1.81. The normalized spacial score (nSPS) is 11.0. The van der Waals surface area contributed by atoms with Crippen LogP contribution in [0.25, 0.3) is 4.96 Å². The molecule has 0 unspecified atom stereocenters. The highest BCUT2D eigenvalue weighted by Crippen LogP contribution is 2.25. The second-order valence-electron chi connectivity index (χ2n) is 4.13. The van der Waals surface area contributed by atoms with E-state index in [9.17, 15) is 9.90 Å². The van der Waals surface area contributed by atoms with Crippen molar-refractivity contribution in [2.45, 2.75) is 6.54 Å². The van der Waals surface area contributed by atoms with Gasteiger partial charge in [-0.25, -0.2) is 9.78 Å². The summed E-state index contributed by atoms with van der Waals surface area (Å²) in [4.78, 5) is 18.2. The largest absolute Gasteiger partial charge is 0.476 e. The number of carboxylic acid groups (broad SMARTS) is 1. The van der Waals surface area contributed by atoms with Crippen molar-refractivity contribution in [1.29, 1.82) is 0 Å². The molecule has 0 radical (unpaired) electrons. The highest BCUT2D eigenvalue weighted by molar-refractivity contribution is 7.15. The summed E-state index contributed by atoms with van der Waals surface area (Å²) in [6.07, 6.45) is 4.94. The lowest BCUT2D eigenvalue weighted by Crippen LogP contribution is -2.19. The topological polar surface area (TPSA) is 71.0 Å². The van der Waals surface area contributed by atoms with Gasteiger partial charge in [0.15, 0.2) is 16.5 Å². The van der Waals surface area contributed by atoms with Gasteiger partial charge in [-0.15, -0.1) is 11.3 Å². The van der Waals surface area contributed by atoms with E-state index in [1.807, 2.05) is 18.5 Å². The average Bonchev–Trinajstić information content (AvgIpc) is 3.02. The zero-order valence-electron chi connectivity index (χ0n) is 10.1. The van der Waals surface area contributed by atoms with Crippen LogP contribution in [0.4, 0.5) is 5.82 Å². The first kappa shape index (κ1) is 11.8. The molecule has 3 rings (SSSR count). The van der Waals surface area contributed by atoms with Crippen LogP contribution in [0.1, 0.15) is 16.1 Å². The molecular formula is C12H11N3O3S. The summed E-state index contributed by atoms with van der Waals surface area (Å²) in [6.45, 7) is 0.543. The smallest absolute Gasteiger partial charge is 0.356 e. The van der Waals surface area contributed by atoms with Crippen LogP contribution in [0.15, 0.2) is 34.6 Å². The number of furan rings is 1. The predicted molar refractivity (Wildman–Crippen MR) is 70.8 cm³/mol. The Labute approximate surface area is 112 Å². The second kappa shape index (κ2) is 4.43. The van der Waals surface area contributed by atoms with Crippen molar-refractivity contribution in [3.05, 3.63) is 41.4 Å². The minimum atomic E-state index is -0.986. The zero-order chi connectivity index (χ0) is 13.4. The molecule has 0 aliphatic heterocycles. The van der Waals surface area contributed by atoms with E-state index in [1.165, 1.54) is 11.3 Å². The number of rotatable bonds is 4. The van der Waals surface area contributed by atoms with E-state index >= 15 is 0 Å². The molecule has 3 heterocycles. The molecule has 0 bridgehead atoms. The molecule has 6 nitrogen and oxygen atoms in total. The SMILES string of the molecule is CN(Cc1ccoc1)c1nc2sccn2c1C(=O)O. The van der Waals surface area contributed by atoms with Crippen molar-refractivity contribution in [2.75, 3.05) is 11.9 Å². The quantitative estimate of drug-likeness (QED) is 0.792. The maximum absolute atomic E-state index is 11.4. The summed E-state index contributed by atoms with van der Waals surface area (Å²) >= 11 is 1.41. The minimum absolute atomic E-state index is 0.183. The molecule has 0 fully saturated rings. The molecule has 3 aromatic heterocycles. The molecule has 1 N–H and O–H groups in total. The maximum atomic E-state index is 11.4. The fourth-order valence-corrected chi connectivity index (χ4v) is 2.68. The lowest BCUT2D eigenvalue weighted by Gasteiger charge is -2.16. The number of carboxylic acids is 1. The van der Waals surface area contributed by atoms with E-state index in [-0.39, 0.29) is 5.69 Å². The van der Waals surface area contributed by atoms with Gasteiger partial charge >= 0.3 is 5.97 Å². The molecule has 0 saturated carbocycles. The number of fused-ring (bicyclic) bond motifs is 1. The summed E-state index contributed by atoms with van der Waals surface area (Å²) < 4.78 is 6.60. The second-order valence-corrected chi connectivity index (χ2v) is 5.01. The van der Waals surface area contributed by atoms with Gasteiger partial charge in [-0.1, -0.05) is 0 Å². The Morgan fingerprint density at radius 3 is 3.16 bits per heavy atom. The summed E-state index contributed by atoms with van der Waals surface area (Å²) in [5.74, 6) is -0.527. The zero-order valence-corrected chi connectivity index (χ0v) is 10.9. The maximum Gasteiger partial charge on any atom is 0.356 e. The minimum Gasteiger partial charge on any atom is -0.476 e. The molecule has 19 heavy (non-hydrogen) atoms. The Hall–Kier alpha value is -2.28. The third-order valence-corrected chi connectivity index (χ3v) is 3.56. The van der Waals surface area contributed by atoms with E-state index in [0.717, 1.165) is 5.56 Å². The lowest BCUT2D eigenvalue weighted by molar-refractivity contribution is 0.0690. The molecule has 0 aromatic carbocycles. The van der Waals surface area contributed by atoms with E-state index < -0.39 is 5.97 Å². The number of carbonyl (C=O) groups is 1. The Morgan fingerprint density at radius 1 is 1.63 bits per heavy atom. The Bertz CT molecular complexity index is 714. The van der Waals surface area contributed by atoms with Gasteiger partial charge in [-0.3, -0.25) is 4.40 Å². The van der Waals surface area contributed by atoms with Crippen LogP contribution in [0.5, 0.6) is 0 Å². The Kier molecular flexibility index (Phi) is 2.75. The van der Waals surface area contributed by atoms with Crippen molar-refractivity contribution in [2.24, 2.45) is 0 Å². The number of imidazole rings is 1. The molecule has 0 amide bonds. The molecule has 0 aliphatic rings. The summed E-state index contributed by atoms with van der Waals surface area (Å²) in [6, 6.07) is 1.84. The van der Waals surface area contributed by atoms with Crippen LogP contribution < -0.4 is 4.90 Å². The average molecular weight is 277 g/mol. The fourth-order valence-electron chi connectivity index (χ4n) is 1.97. The predicted octanol–water partition coefficient (Wildman–Crippen LogP) is 2.32. The van der Waals surface area contributed by atoms with Gasteiger partial charge < -0.3 is 14.4 Å². The number of aromatic nitrogens is 2. The van der Waals surface area contributed by atoms with E-state index in [4.69, 9.17) is 4.42 Å². The number of hydrogen-bond donors (Lipinski definition) is 1. The van der Waals surface area contributed by atoms with Gasteiger partial charge in [0.25, 0.3) is 0 Å². The molecule has 0 atom stereocenters. The number of thiazole rings is 1. The van der Waals surface area contributed by atoms with Gasteiger partial charge in [-0.05, 0) is 6.07 Å². The first-order chi connectivity index (χ1) is 9.16. The van der Waals surface area contributed by atoms with Crippen LogP contribution in [-0.2, 0) is 6.54 Å². The lowest BCUT2D eigenvalue weighted by atomic mass is 10.3. The van der Waals surface area contributed by atoms with Crippen molar-refractivity contribution in [3.8, 4) is 0 Å². The first-order valence-electron chi connectivity index (χ1n) is 5.58. The number of anilines is 1. The molecular weight excluding hydrogens is 266 g/mol. The highest BCUT2D eigenvalue weighted by atomic mass is 32.1. The molecule has 3 aromatic rings. The number of nitrogens with zero attached hydrogens (tertiary/aromatic N) is 3. The third-order valence-electron chi connectivity index (χ3n) is 2.81. The van der Waals surface area contributed by atoms with E-state index in [2.05, 4.69) is 4.98 Å². The van der Waals surface area contributed by atoms with Gasteiger partial charge in [-0.2, -0.15) is 0 Å². The summed E-state index contributed by atoms with van der Waals surface area (Å²) in [5, 5.41) is 11.2. The molecule has 98 valence electrons. The van der Waals surface area contributed by atoms with Gasteiger partial charge in [0.1, 0.15) is 0 Å². The standard InChI is InChI=1S/C12H11N3O3S/c1-14(6-8-2-4-18-7-8)10-9(11(16)17)15-3-5-19-12(15)13-10/h2-5,7H,6H2,1H3,(H,16,17). The van der Waals surface area contributed by atoms with Gasteiger partial charge in [0.05, 0.1) is 12.5 Å².